The molecule has 2 aliphatic rings. The largest absolute Gasteiger partial charge is 0.457 e. The van der Waals surface area contributed by atoms with Gasteiger partial charge < -0.3 is 9.32 Å². The highest BCUT2D eigenvalue weighted by Gasteiger charge is 2.34. The number of carbonyl (C=O) groups is 3. The molecule has 5 rings (SSSR count). The van der Waals surface area contributed by atoms with Crippen molar-refractivity contribution < 1.29 is 18.8 Å². The maximum absolute atomic E-state index is 13.0. The predicted molar refractivity (Wildman–Crippen MR) is 127 cm³/mol. The highest BCUT2D eigenvalue weighted by Crippen LogP contribution is 2.36. The van der Waals surface area contributed by atoms with Gasteiger partial charge in [-0.1, -0.05) is 6.07 Å². The molecule has 33 heavy (non-hydrogen) atoms. The minimum absolute atomic E-state index is 0.116. The van der Waals surface area contributed by atoms with Gasteiger partial charge in [-0.05, 0) is 60.3 Å². The van der Waals surface area contributed by atoms with E-state index in [1.807, 2.05) is 43.3 Å². The van der Waals surface area contributed by atoms with Crippen LogP contribution in [0.3, 0.4) is 0 Å². The summed E-state index contributed by atoms with van der Waals surface area (Å²) >= 11 is 1.06. The van der Waals surface area contributed by atoms with E-state index in [9.17, 15) is 14.4 Å². The van der Waals surface area contributed by atoms with Crippen molar-refractivity contribution in [3.8, 4) is 11.3 Å². The average molecular weight is 458 g/mol. The predicted octanol–water partition coefficient (Wildman–Crippen LogP) is 3.95. The number of benzene rings is 2. The Morgan fingerprint density at radius 3 is 2.42 bits per heavy atom. The van der Waals surface area contributed by atoms with Crippen LogP contribution in [0, 0.1) is 5.41 Å². The van der Waals surface area contributed by atoms with E-state index in [0.29, 0.717) is 38.8 Å². The van der Waals surface area contributed by atoms with Crippen molar-refractivity contribution in [2.24, 2.45) is 0 Å². The molecule has 0 radical (unpaired) electrons. The van der Waals surface area contributed by atoms with E-state index in [1.54, 1.807) is 36.4 Å². The fourth-order valence-electron chi connectivity index (χ4n) is 3.66. The maximum Gasteiger partial charge on any atom is 0.271 e. The molecule has 1 fully saturated rings. The summed E-state index contributed by atoms with van der Waals surface area (Å²) in [5.74, 6) is -0.200. The number of hydrogen-bond acceptors (Lipinski definition) is 7. The molecule has 1 aromatic heterocycles. The van der Waals surface area contributed by atoms with Crippen LogP contribution in [0.4, 0.5) is 11.4 Å². The molecule has 2 N–H and O–H groups in total. The lowest BCUT2D eigenvalue weighted by molar-refractivity contribution is -0.113. The number of rotatable bonds is 4. The Kier molecular flexibility index (Phi) is 4.90. The van der Waals surface area contributed by atoms with Crippen molar-refractivity contribution >= 4 is 52.1 Å². The van der Waals surface area contributed by atoms with E-state index >= 15 is 0 Å². The molecular weight excluding hydrogens is 440 g/mol. The van der Waals surface area contributed by atoms with Crippen LogP contribution in [0.25, 0.3) is 17.4 Å². The molecule has 1 saturated heterocycles. The second kappa shape index (κ2) is 7.79. The second-order valence-electron chi connectivity index (χ2n) is 7.71. The maximum atomic E-state index is 13.0. The molecule has 9 heteroatoms. The third-order valence-electron chi connectivity index (χ3n) is 5.37. The highest BCUT2D eigenvalue weighted by atomic mass is 32.2. The van der Waals surface area contributed by atoms with Gasteiger partial charge in [0.05, 0.1) is 21.7 Å². The number of amidine groups is 1. The van der Waals surface area contributed by atoms with Gasteiger partial charge in [0.15, 0.2) is 5.17 Å². The first-order valence-electron chi connectivity index (χ1n) is 10.0. The van der Waals surface area contributed by atoms with Gasteiger partial charge >= 0.3 is 0 Å². The van der Waals surface area contributed by atoms with Crippen LogP contribution >= 0.6 is 11.8 Å². The topological polar surface area (TPSA) is 107 Å². The summed E-state index contributed by atoms with van der Waals surface area (Å²) < 4.78 is 5.87. The molecule has 0 spiro atoms. The number of thioether (sulfide) groups is 1. The van der Waals surface area contributed by atoms with E-state index in [2.05, 4.69) is 5.32 Å². The first kappa shape index (κ1) is 20.8. The van der Waals surface area contributed by atoms with Crippen molar-refractivity contribution in [3.63, 3.8) is 0 Å². The summed E-state index contributed by atoms with van der Waals surface area (Å²) in [5, 5.41) is 10.7. The summed E-state index contributed by atoms with van der Waals surface area (Å²) in [5.41, 5.74) is 2.90. The first-order chi connectivity index (χ1) is 15.8. The normalized spacial score (nSPS) is 16.5. The molecule has 0 aliphatic carbocycles. The van der Waals surface area contributed by atoms with Gasteiger partial charge in [0.2, 0.25) is 0 Å². The van der Waals surface area contributed by atoms with Crippen LogP contribution in [0.15, 0.2) is 63.9 Å². The Hall–Kier alpha value is -4.11. The Balaban J connectivity index is 1.39. The Morgan fingerprint density at radius 2 is 1.70 bits per heavy atom. The lowest BCUT2D eigenvalue weighted by atomic mass is 10.0. The lowest BCUT2D eigenvalue weighted by Crippen LogP contribution is -2.28. The fraction of sp³-hybridized carbons (Fsp3) is 0.0833. The van der Waals surface area contributed by atoms with Crippen LogP contribution < -0.4 is 15.1 Å². The van der Waals surface area contributed by atoms with E-state index in [4.69, 9.17) is 9.83 Å². The first-order valence-corrected chi connectivity index (χ1v) is 10.8. The quantitative estimate of drug-likeness (QED) is 0.453. The number of imide groups is 1. The zero-order valence-electron chi connectivity index (χ0n) is 17.7. The standard InChI is InChI=1S/C24H18N4O4S/c1-27(2)14-4-6-15(7-5-14)28-23(31)20(33-24(28)25)12-16-8-10-19(32-16)13-3-9-17-18(11-13)22(30)26-21(17)29/h3-12,25H,1-2H3,(H,26,29,30)/b20-12-,25-24?. The second-order valence-corrected chi connectivity index (χ2v) is 8.74. The summed E-state index contributed by atoms with van der Waals surface area (Å²) in [6.07, 6.45) is 1.60. The number of carbonyl (C=O) groups excluding carboxylic acids is 3. The Labute approximate surface area is 193 Å². The number of nitrogens with zero attached hydrogens (tertiary/aromatic N) is 2. The smallest absolute Gasteiger partial charge is 0.271 e. The summed E-state index contributed by atoms with van der Waals surface area (Å²) in [4.78, 5) is 40.3. The molecule has 164 valence electrons. The SMILES string of the molecule is CN(C)c1ccc(N2C(=N)S/C(=C\c3ccc(-c4ccc5c(c4)C(=O)NC5=O)o3)C2=O)cc1. The minimum Gasteiger partial charge on any atom is -0.457 e. The summed E-state index contributed by atoms with van der Waals surface area (Å²) in [6.45, 7) is 0. The van der Waals surface area contributed by atoms with E-state index in [0.717, 1.165) is 17.4 Å². The molecule has 0 atom stereocenters. The molecule has 3 amide bonds. The van der Waals surface area contributed by atoms with Gasteiger partial charge in [-0.15, -0.1) is 0 Å². The zero-order valence-corrected chi connectivity index (χ0v) is 18.5. The summed E-state index contributed by atoms with van der Waals surface area (Å²) in [7, 11) is 3.87. The molecule has 0 saturated carbocycles. The Morgan fingerprint density at radius 1 is 0.970 bits per heavy atom. The number of hydrogen-bond donors (Lipinski definition) is 2. The molecule has 0 unspecified atom stereocenters. The lowest BCUT2D eigenvalue weighted by Gasteiger charge is -2.17. The van der Waals surface area contributed by atoms with Gasteiger partial charge in [-0.3, -0.25) is 30.0 Å². The molecular formula is C24H18N4O4S. The van der Waals surface area contributed by atoms with E-state index in [1.165, 1.54) is 4.90 Å². The van der Waals surface area contributed by atoms with Gasteiger partial charge in [-0.25, -0.2) is 0 Å². The van der Waals surface area contributed by atoms with Crippen molar-refractivity contribution in [1.82, 2.24) is 5.32 Å². The van der Waals surface area contributed by atoms with E-state index < -0.39 is 11.8 Å². The highest BCUT2D eigenvalue weighted by molar-refractivity contribution is 8.19. The molecule has 3 aromatic rings. The monoisotopic (exact) mass is 458 g/mol. The molecule has 2 aliphatic heterocycles. The third-order valence-corrected chi connectivity index (χ3v) is 6.26. The van der Waals surface area contributed by atoms with Gasteiger partial charge in [0, 0.05) is 31.4 Å². The van der Waals surface area contributed by atoms with Crippen molar-refractivity contribution in [1.29, 1.82) is 5.41 Å². The third kappa shape index (κ3) is 3.62. The van der Waals surface area contributed by atoms with Gasteiger partial charge in [0.1, 0.15) is 11.5 Å². The number of amides is 3. The average Bonchev–Trinajstić information content (AvgIpc) is 3.45. The van der Waals surface area contributed by atoms with Crippen LogP contribution in [-0.4, -0.2) is 37.0 Å². The van der Waals surface area contributed by atoms with Crippen molar-refractivity contribution in [2.45, 2.75) is 0 Å². The van der Waals surface area contributed by atoms with Crippen LogP contribution in [0.2, 0.25) is 0 Å². The number of anilines is 2. The van der Waals surface area contributed by atoms with Crippen LogP contribution in [0.1, 0.15) is 26.5 Å². The number of nitrogens with one attached hydrogen (secondary N) is 2. The molecule has 0 bridgehead atoms. The molecule has 3 heterocycles. The van der Waals surface area contributed by atoms with Gasteiger partial charge in [-0.2, -0.15) is 0 Å². The fourth-order valence-corrected chi connectivity index (χ4v) is 4.50. The minimum atomic E-state index is -0.434. The molecule has 2 aromatic carbocycles. The van der Waals surface area contributed by atoms with E-state index in [-0.39, 0.29) is 11.1 Å². The molecule has 8 nitrogen and oxygen atoms in total. The Bertz CT molecular complexity index is 1370. The summed E-state index contributed by atoms with van der Waals surface area (Å²) in [6, 6.07) is 15.8. The van der Waals surface area contributed by atoms with Crippen molar-refractivity contribution in [3.05, 3.63) is 76.4 Å². The van der Waals surface area contributed by atoms with Gasteiger partial charge in [0.25, 0.3) is 17.7 Å². The van der Waals surface area contributed by atoms with Crippen LogP contribution in [-0.2, 0) is 4.79 Å². The zero-order chi connectivity index (χ0) is 23.3. The number of furan rings is 1. The van der Waals surface area contributed by atoms with Crippen LogP contribution in [0.5, 0.6) is 0 Å². The van der Waals surface area contributed by atoms with Crippen molar-refractivity contribution in [2.75, 3.05) is 23.9 Å². The number of fused-ring (bicyclic) bond motifs is 1.